The maximum absolute atomic E-state index is 10.6. The Labute approximate surface area is 377 Å². The van der Waals surface area contributed by atoms with E-state index < -0.39 is 5.41 Å². The number of halogens is 1. The molecule has 3 aromatic carbocycles. The van der Waals surface area contributed by atoms with Crippen molar-refractivity contribution in [3.63, 3.8) is 0 Å². The Balaban J connectivity index is 1.51. The Morgan fingerprint density at radius 3 is 1.84 bits per heavy atom. The molecule has 0 spiro atoms. The molecule has 4 N–H and O–H groups in total. The number of rotatable bonds is 23. The number of hydrogen-bond acceptors (Lipinski definition) is 11. The van der Waals surface area contributed by atoms with E-state index in [1.165, 1.54) is 86.7 Å². The quantitative estimate of drug-likeness (QED) is 0.0220. The van der Waals surface area contributed by atoms with Gasteiger partial charge < -0.3 is 21.4 Å². The van der Waals surface area contributed by atoms with Crippen LogP contribution in [0.3, 0.4) is 0 Å². The summed E-state index contributed by atoms with van der Waals surface area (Å²) in [7, 11) is 0. The normalized spacial score (nSPS) is 12.0. The van der Waals surface area contributed by atoms with Crippen LogP contribution in [0.5, 0.6) is 0 Å². The molecular formula is C50H61ClN10S. The van der Waals surface area contributed by atoms with Gasteiger partial charge in [0, 0.05) is 27.4 Å². The third kappa shape index (κ3) is 13.7. The number of azo groups is 1. The highest BCUT2D eigenvalue weighted by atomic mass is 35.5. The lowest BCUT2D eigenvalue weighted by atomic mass is 9.86. The molecule has 12 heteroatoms. The van der Waals surface area contributed by atoms with Crippen molar-refractivity contribution < 1.29 is 0 Å². The van der Waals surface area contributed by atoms with Crippen LogP contribution in [-0.2, 0) is 12.8 Å². The number of anilines is 5. The van der Waals surface area contributed by atoms with Crippen LogP contribution in [0.15, 0.2) is 88.4 Å². The molecule has 2 heterocycles. The number of benzene rings is 3. The summed E-state index contributed by atoms with van der Waals surface area (Å²) in [6.07, 6.45) is 17.0. The highest BCUT2D eigenvalue weighted by Crippen LogP contribution is 2.38. The summed E-state index contributed by atoms with van der Waals surface area (Å²) in [5, 5.41) is 50.4. The van der Waals surface area contributed by atoms with E-state index in [9.17, 15) is 10.5 Å². The molecule has 2 aromatic heterocycles. The molecule has 0 saturated carbocycles. The monoisotopic (exact) mass is 868 g/mol. The largest absolute Gasteiger partial charge is 0.339 e. The van der Waals surface area contributed by atoms with Gasteiger partial charge in [-0.15, -0.1) is 10.2 Å². The van der Waals surface area contributed by atoms with E-state index >= 15 is 0 Å². The van der Waals surface area contributed by atoms with Crippen molar-refractivity contribution in [1.82, 2.24) is 9.97 Å². The van der Waals surface area contributed by atoms with E-state index in [-0.39, 0.29) is 17.1 Å². The van der Waals surface area contributed by atoms with Crippen molar-refractivity contribution in [3.05, 3.63) is 105 Å². The topological polar surface area (TPSA) is 158 Å². The number of aromatic nitrogens is 2. The first-order chi connectivity index (χ1) is 29.9. The maximum Gasteiger partial charge on any atom is 0.189 e. The number of nitrogens with zero attached hydrogens (tertiary/aromatic N) is 6. The lowest BCUT2D eigenvalue weighted by Gasteiger charge is -2.20. The van der Waals surface area contributed by atoms with Gasteiger partial charge in [0.2, 0.25) is 0 Å². The number of thiazole rings is 1. The second-order valence-corrected chi connectivity index (χ2v) is 18.3. The zero-order valence-electron chi connectivity index (χ0n) is 37.2. The van der Waals surface area contributed by atoms with Crippen LogP contribution in [0.4, 0.5) is 33.8 Å². The zero-order valence-corrected chi connectivity index (χ0v) is 38.8. The minimum atomic E-state index is -0.673. The first-order valence-corrected chi connectivity index (χ1v) is 23.3. The lowest BCUT2D eigenvalue weighted by Crippen LogP contribution is -2.23. The minimum absolute atomic E-state index is 0.0124. The Hall–Kier alpha value is -5.62. The summed E-state index contributed by atoms with van der Waals surface area (Å²) < 4.78 is 0.885. The van der Waals surface area contributed by atoms with Crippen molar-refractivity contribution in [2.75, 3.05) is 16.0 Å². The molecule has 10 nitrogen and oxygen atoms in total. The van der Waals surface area contributed by atoms with Gasteiger partial charge in [0.05, 0.1) is 21.5 Å². The van der Waals surface area contributed by atoms with Crippen LogP contribution in [0.25, 0.3) is 10.2 Å². The zero-order chi connectivity index (χ0) is 44.5. The lowest BCUT2D eigenvalue weighted by molar-refractivity contribution is 0.588. The number of unbranched alkanes of at least 4 members (excludes halogenated alkanes) is 10. The van der Waals surface area contributed by atoms with E-state index in [1.807, 2.05) is 58.0 Å². The van der Waals surface area contributed by atoms with Crippen molar-refractivity contribution in [3.8, 4) is 12.1 Å². The van der Waals surface area contributed by atoms with Gasteiger partial charge in [-0.1, -0.05) is 146 Å². The summed E-state index contributed by atoms with van der Waals surface area (Å²) in [4.78, 5) is 9.67. The van der Waals surface area contributed by atoms with Crippen molar-refractivity contribution >= 4 is 72.7 Å². The number of allylic oxidation sites excluding steroid dienone is 1. The fourth-order valence-corrected chi connectivity index (χ4v) is 8.04. The predicted molar refractivity (Wildman–Crippen MR) is 260 cm³/mol. The molecule has 5 rings (SSSR count). The number of pyridine rings is 1. The molecule has 0 aliphatic carbocycles. The molecule has 0 aliphatic rings. The van der Waals surface area contributed by atoms with Crippen LogP contribution in [-0.4, -0.2) is 15.7 Å². The molecule has 0 amide bonds. The van der Waals surface area contributed by atoms with Crippen LogP contribution in [0, 0.1) is 40.4 Å². The summed E-state index contributed by atoms with van der Waals surface area (Å²) in [6.45, 7) is 11.9. The molecule has 62 heavy (non-hydrogen) atoms. The average molecular weight is 870 g/mol. The Kier molecular flexibility index (Phi) is 18.0. The SMILES string of the molecule is CCCCCCCCc1ccc(Nc2nc(Nc3ccc(CCCCCCCC)cc3)c(N=N/C(Nc3nc4cc(Cl)ccc4s3)=C(\C#N)C(=N)C(C)(C)C)c(C)c2C#N)cc1. The van der Waals surface area contributed by atoms with Gasteiger partial charge in [-0.25, -0.2) is 9.97 Å². The van der Waals surface area contributed by atoms with E-state index in [2.05, 4.69) is 76.3 Å². The van der Waals surface area contributed by atoms with E-state index in [0.29, 0.717) is 44.1 Å². The Morgan fingerprint density at radius 2 is 1.31 bits per heavy atom. The fourth-order valence-electron chi connectivity index (χ4n) is 7.03. The van der Waals surface area contributed by atoms with E-state index in [0.717, 1.165) is 41.8 Å². The van der Waals surface area contributed by atoms with Gasteiger partial charge in [0.15, 0.2) is 22.6 Å². The number of nitrogens with one attached hydrogen (secondary N) is 4. The highest BCUT2D eigenvalue weighted by molar-refractivity contribution is 7.22. The molecular weight excluding hydrogens is 808 g/mol. The van der Waals surface area contributed by atoms with Gasteiger partial charge >= 0.3 is 0 Å². The van der Waals surface area contributed by atoms with Crippen LogP contribution < -0.4 is 16.0 Å². The van der Waals surface area contributed by atoms with Crippen molar-refractivity contribution in [1.29, 1.82) is 15.9 Å². The molecule has 5 aromatic rings. The average Bonchev–Trinajstić information content (AvgIpc) is 3.65. The molecule has 0 radical (unpaired) electrons. The molecule has 0 unspecified atom stereocenters. The van der Waals surface area contributed by atoms with Crippen LogP contribution >= 0.6 is 22.9 Å². The predicted octanol–water partition coefficient (Wildman–Crippen LogP) is 15.8. The van der Waals surface area contributed by atoms with Crippen LogP contribution in [0.1, 0.15) is 134 Å². The number of aryl methyl sites for hydroxylation is 2. The summed E-state index contributed by atoms with van der Waals surface area (Å²) in [5.74, 6) is 0.794. The van der Waals surface area contributed by atoms with E-state index in [1.54, 1.807) is 12.1 Å². The van der Waals surface area contributed by atoms with Gasteiger partial charge in [-0.05, 0) is 86.2 Å². The number of fused-ring (bicyclic) bond motifs is 1. The van der Waals surface area contributed by atoms with E-state index in [4.69, 9.17) is 27.1 Å². The number of hydrogen-bond donors (Lipinski definition) is 4. The second kappa shape index (κ2) is 23.6. The third-order valence-corrected chi connectivity index (χ3v) is 12.0. The molecule has 0 fully saturated rings. The first kappa shape index (κ1) is 47.4. The molecule has 0 atom stereocenters. The van der Waals surface area contributed by atoms with Gasteiger partial charge in [0.1, 0.15) is 23.4 Å². The molecule has 0 saturated heterocycles. The van der Waals surface area contributed by atoms with Crippen LogP contribution in [0.2, 0.25) is 5.02 Å². The standard InChI is InChI=1S/C50H61ClN10S/c1-7-9-11-13-15-17-19-35-21-26-38(27-22-35)55-46-40(32-52)34(3)44(48(58-46)56-39-28-23-36(24-29-39)20-18-16-14-12-10-8-2)60-61-47(41(33-53)45(54)50(4,5)6)59-49-57-42-31-37(51)25-30-43(42)62-49/h21-31,54H,7-20H2,1-6H3,(H,57,59)(H2,55,56,58)/b47-41+,54-45?,61-60?. The first-order valence-electron chi connectivity index (χ1n) is 22.1. The second-order valence-electron chi connectivity index (χ2n) is 16.9. The molecule has 0 aliphatic heterocycles. The third-order valence-electron chi connectivity index (χ3n) is 10.8. The van der Waals surface area contributed by atoms with Gasteiger partial charge in [0.25, 0.3) is 0 Å². The summed E-state index contributed by atoms with van der Waals surface area (Å²) in [6, 6.07) is 26.6. The Morgan fingerprint density at radius 1 is 0.758 bits per heavy atom. The summed E-state index contributed by atoms with van der Waals surface area (Å²) >= 11 is 7.63. The summed E-state index contributed by atoms with van der Waals surface area (Å²) in [5.41, 5.74) is 5.40. The smallest absolute Gasteiger partial charge is 0.189 e. The molecule has 0 bridgehead atoms. The van der Waals surface area contributed by atoms with Crippen molar-refractivity contribution in [2.24, 2.45) is 15.6 Å². The van der Waals surface area contributed by atoms with Gasteiger partial charge in [-0.2, -0.15) is 10.5 Å². The number of nitriles is 2. The molecule has 324 valence electrons. The highest BCUT2D eigenvalue weighted by Gasteiger charge is 2.26. The van der Waals surface area contributed by atoms with Crippen molar-refractivity contribution in [2.45, 2.75) is 131 Å². The Bertz CT molecular complexity index is 2410. The van der Waals surface area contributed by atoms with Gasteiger partial charge in [-0.3, -0.25) is 0 Å². The fraction of sp³-hybridized carbons (Fsp3) is 0.420. The maximum atomic E-state index is 10.6. The minimum Gasteiger partial charge on any atom is -0.339 e.